The molecule has 0 saturated carbocycles. The highest BCUT2D eigenvalue weighted by Crippen LogP contribution is 2.11. The van der Waals surface area contributed by atoms with E-state index in [2.05, 4.69) is 16.0 Å². The topological polar surface area (TPSA) is 194 Å². The number of benzene rings is 1. The number of nitrogens with one attached hydrogen (secondary N) is 3. The van der Waals surface area contributed by atoms with Gasteiger partial charge in [0.25, 0.3) is 0 Å². The third kappa shape index (κ3) is 10.4. The summed E-state index contributed by atoms with van der Waals surface area (Å²) in [7, 11) is 0. The van der Waals surface area contributed by atoms with Crippen molar-refractivity contribution in [2.75, 3.05) is 0 Å². The van der Waals surface area contributed by atoms with Gasteiger partial charge in [-0.1, -0.05) is 64.4 Å². The molecule has 0 radical (unpaired) electrons. The maximum Gasteiger partial charge on any atom is 0.326 e. The maximum absolute atomic E-state index is 13.1. The van der Waals surface area contributed by atoms with E-state index in [0.717, 1.165) is 5.56 Å². The molecule has 0 fully saturated rings. The van der Waals surface area contributed by atoms with Crippen LogP contribution in [-0.2, 0) is 30.4 Å². The monoisotopic (exact) mass is 505 g/mol. The van der Waals surface area contributed by atoms with Crippen LogP contribution in [0.2, 0.25) is 0 Å². The fourth-order valence-corrected chi connectivity index (χ4v) is 3.57. The molecule has 4 amide bonds. The van der Waals surface area contributed by atoms with Crippen LogP contribution in [0.3, 0.4) is 0 Å². The molecule has 1 aromatic rings. The first-order valence-corrected chi connectivity index (χ1v) is 12.1. The van der Waals surface area contributed by atoms with Crippen molar-refractivity contribution < 1.29 is 29.1 Å². The Morgan fingerprint density at radius 1 is 0.889 bits per heavy atom. The van der Waals surface area contributed by atoms with Gasteiger partial charge >= 0.3 is 5.97 Å². The van der Waals surface area contributed by atoms with E-state index in [4.69, 9.17) is 11.5 Å². The van der Waals surface area contributed by atoms with Crippen LogP contribution in [0.4, 0.5) is 0 Å². The number of hydrogen-bond acceptors (Lipinski definition) is 6. The van der Waals surface area contributed by atoms with Crippen molar-refractivity contribution in [2.24, 2.45) is 23.3 Å². The molecule has 200 valence electrons. The molecule has 11 nitrogen and oxygen atoms in total. The summed E-state index contributed by atoms with van der Waals surface area (Å²) >= 11 is 0. The molecule has 0 spiro atoms. The normalized spacial score (nSPS) is 15.2. The zero-order valence-electron chi connectivity index (χ0n) is 21.3. The number of rotatable bonds is 15. The van der Waals surface area contributed by atoms with Gasteiger partial charge in [0.05, 0.1) is 12.5 Å². The molecule has 5 atom stereocenters. The Balaban J connectivity index is 3.03. The molecule has 11 heteroatoms. The van der Waals surface area contributed by atoms with Gasteiger partial charge < -0.3 is 32.5 Å². The quantitative estimate of drug-likeness (QED) is 0.194. The highest BCUT2D eigenvalue weighted by Gasteiger charge is 2.33. The van der Waals surface area contributed by atoms with Gasteiger partial charge in [0.2, 0.25) is 23.6 Å². The minimum Gasteiger partial charge on any atom is -0.480 e. The second kappa shape index (κ2) is 14.8. The predicted octanol–water partition coefficient (Wildman–Crippen LogP) is 0.0630. The van der Waals surface area contributed by atoms with Crippen molar-refractivity contribution >= 4 is 29.6 Å². The first-order valence-electron chi connectivity index (χ1n) is 12.1. The highest BCUT2D eigenvalue weighted by molar-refractivity contribution is 5.96. The van der Waals surface area contributed by atoms with E-state index in [-0.39, 0.29) is 18.3 Å². The zero-order chi connectivity index (χ0) is 27.4. The van der Waals surface area contributed by atoms with E-state index in [0.29, 0.717) is 12.8 Å². The molecule has 36 heavy (non-hydrogen) atoms. The second-order valence-electron chi connectivity index (χ2n) is 9.43. The number of nitrogens with two attached hydrogens (primary N) is 2. The van der Waals surface area contributed by atoms with Gasteiger partial charge in [-0.3, -0.25) is 19.2 Å². The van der Waals surface area contributed by atoms with E-state index in [1.165, 1.54) is 0 Å². The van der Waals surface area contributed by atoms with E-state index in [1.807, 2.05) is 20.8 Å². The van der Waals surface area contributed by atoms with Gasteiger partial charge in [0, 0.05) is 6.42 Å². The van der Waals surface area contributed by atoms with Crippen LogP contribution in [0.5, 0.6) is 0 Å². The third-order valence-corrected chi connectivity index (χ3v) is 5.79. The first kappa shape index (κ1) is 30.6. The highest BCUT2D eigenvalue weighted by atomic mass is 16.4. The molecule has 0 heterocycles. The fraction of sp³-hybridized carbons (Fsp3) is 0.560. The van der Waals surface area contributed by atoms with Gasteiger partial charge in [-0.05, 0) is 23.8 Å². The predicted molar refractivity (Wildman–Crippen MR) is 134 cm³/mol. The number of carboxylic acids is 1. The Hall–Kier alpha value is -3.47. The van der Waals surface area contributed by atoms with Crippen molar-refractivity contribution in [1.29, 1.82) is 0 Å². The van der Waals surface area contributed by atoms with Crippen LogP contribution in [0, 0.1) is 11.8 Å². The van der Waals surface area contributed by atoms with Crippen LogP contribution in [0.1, 0.15) is 52.5 Å². The van der Waals surface area contributed by atoms with Crippen molar-refractivity contribution in [1.82, 2.24) is 16.0 Å². The first-order chi connectivity index (χ1) is 16.8. The average Bonchev–Trinajstić information content (AvgIpc) is 2.80. The summed E-state index contributed by atoms with van der Waals surface area (Å²) in [6.45, 7) is 7.30. The Kier molecular flexibility index (Phi) is 12.6. The van der Waals surface area contributed by atoms with Crippen LogP contribution in [0.25, 0.3) is 0 Å². The lowest BCUT2D eigenvalue weighted by Crippen LogP contribution is -2.59. The zero-order valence-corrected chi connectivity index (χ0v) is 21.3. The summed E-state index contributed by atoms with van der Waals surface area (Å²) in [5, 5.41) is 17.1. The van der Waals surface area contributed by atoms with E-state index < -0.39 is 60.2 Å². The molecule has 5 unspecified atom stereocenters. The van der Waals surface area contributed by atoms with Crippen molar-refractivity contribution in [3.05, 3.63) is 35.9 Å². The molecule has 8 N–H and O–H groups in total. The standard InChI is InChI=1S/C25H39N5O6/c1-5-15(4)21(24(34)29-19(25(35)36)12-16-9-7-6-8-10-16)30-23(33)18(13-20(27)31)28-22(32)17(26)11-14(2)3/h6-10,14-15,17-19,21H,5,11-13,26H2,1-4H3,(H2,27,31)(H,28,32)(H,29,34)(H,30,33)(H,35,36). The molecule has 1 rings (SSSR count). The van der Waals surface area contributed by atoms with Crippen LogP contribution < -0.4 is 27.4 Å². The third-order valence-electron chi connectivity index (χ3n) is 5.79. The lowest BCUT2D eigenvalue weighted by molar-refractivity contribution is -0.142. The molecule has 0 aliphatic heterocycles. The van der Waals surface area contributed by atoms with E-state index in [1.54, 1.807) is 37.3 Å². The molecule has 0 aliphatic rings. The van der Waals surface area contributed by atoms with E-state index in [9.17, 15) is 29.1 Å². The summed E-state index contributed by atoms with van der Waals surface area (Å²) < 4.78 is 0. The number of carboxylic acid groups (broad SMARTS) is 1. The average molecular weight is 506 g/mol. The smallest absolute Gasteiger partial charge is 0.326 e. The summed E-state index contributed by atoms with van der Waals surface area (Å²) in [6, 6.07) is 4.24. The van der Waals surface area contributed by atoms with Crippen molar-refractivity contribution in [2.45, 2.75) is 77.5 Å². The van der Waals surface area contributed by atoms with Gasteiger partial charge in [0.15, 0.2) is 0 Å². The lowest BCUT2D eigenvalue weighted by Gasteiger charge is -2.28. The molecule has 0 saturated heterocycles. The Labute approximate surface area is 211 Å². The minimum atomic E-state index is -1.34. The maximum atomic E-state index is 13.1. The van der Waals surface area contributed by atoms with Crippen LogP contribution in [-0.4, -0.2) is 58.9 Å². The molecule has 0 aromatic heterocycles. The SMILES string of the molecule is CCC(C)C(NC(=O)C(CC(N)=O)NC(=O)C(N)CC(C)C)C(=O)NC(Cc1ccccc1)C(=O)O. The second-order valence-corrected chi connectivity index (χ2v) is 9.43. The molecular weight excluding hydrogens is 466 g/mol. The van der Waals surface area contributed by atoms with Gasteiger partial charge in [-0.15, -0.1) is 0 Å². The number of amides is 4. The molecule has 0 aliphatic carbocycles. The number of aliphatic carboxylic acids is 1. The number of primary amides is 1. The Morgan fingerprint density at radius 2 is 1.47 bits per heavy atom. The number of hydrogen-bond donors (Lipinski definition) is 6. The number of carbonyl (C=O) groups is 5. The van der Waals surface area contributed by atoms with Crippen molar-refractivity contribution in [3.63, 3.8) is 0 Å². The summed E-state index contributed by atoms with van der Waals surface area (Å²) in [4.78, 5) is 62.0. The van der Waals surface area contributed by atoms with Crippen LogP contribution >= 0.6 is 0 Å². The van der Waals surface area contributed by atoms with Crippen molar-refractivity contribution in [3.8, 4) is 0 Å². The Morgan fingerprint density at radius 3 is 1.97 bits per heavy atom. The van der Waals surface area contributed by atoms with Crippen LogP contribution in [0.15, 0.2) is 30.3 Å². The lowest BCUT2D eigenvalue weighted by atomic mass is 9.96. The fourth-order valence-electron chi connectivity index (χ4n) is 3.57. The number of carbonyl (C=O) groups excluding carboxylic acids is 4. The summed E-state index contributed by atoms with van der Waals surface area (Å²) in [6.07, 6.45) is 0.414. The molecule has 0 bridgehead atoms. The van der Waals surface area contributed by atoms with E-state index >= 15 is 0 Å². The van der Waals surface area contributed by atoms with Gasteiger partial charge in [-0.2, -0.15) is 0 Å². The van der Waals surface area contributed by atoms with Gasteiger partial charge in [-0.25, -0.2) is 4.79 Å². The molecule has 1 aromatic carbocycles. The Bertz CT molecular complexity index is 907. The largest absolute Gasteiger partial charge is 0.480 e. The molecular formula is C25H39N5O6. The minimum absolute atomic E-state index is 0.0528. The summed E-state index contributed by atoms with van der Waals surface area (Å²) in [5.74, 6) is -4.41. The summed E-state index contributed by atoms with van der Waals surface area (Å²) in [5.41, 5.74) is 11.9. The van der Waals surface area contributed by atoms with Gasteiger partial charge in [0.1, 0.15) is 18.1 Å².